The molecule has 5 atom stereocenters. The van der Waals surface area contributed by atoms with E-state index in [4.69, 9.17) is 16.6 Å². The molecule has 9 N–H and O–H groups in total. The molecule has 0 radical (unpaired) electrons. The van der Waals surface area contributed by atoms with Crippen LogP contribution in [0.3, 0.4) is 0 Å². The van der Waals surface area contributed by atoms with E-state index in [0.29, 0.717) is 25.8 Å². The van der Waals surface area contributed by atoms with E-state index in [1.165, 1.54) is 6.92 Å². The first-order valence-electron chi connectivity index (χ1n) is 10.3. The number of carboxylic acids is 2. The molecule has 5 unspecified atom stereocenters. The van der Waals surface area contributed by atoms with Gasteiger partial charge in [-0.2, -0.15) is 0 Å². The first kappa shape index (κ1) is 28.3. The van der Waals surface area contributed by atoms with Crippen LogP contribution in [0, 0.1) is 5.92 Å². The van der Waals surface area contributed by atoms with Gasteiger partial charge in [0, 0.05) is 0 Å². The van der Waals surface area contributed by atoms with Gasteiger partial charge in [0.25, 0.3) is 0 Å². The fourth-order valence-corrected chi connectivity index (χ4v) is 2.59. The standard InChI is InChI=1S/C19H35N5O7/c1-4-10(2)15(21)18(29)22-11(3)16(27)24-13(9-14(25)26)17(28)23-12(19(30)31)7-5-6-8-20/h10-13,15H,4-9,20-21H2,1-3H3,(H,22,29)(H,23,28)(H,24,27)(H,25,26)(H,30,31). The van der Waals surface area contributed by atoms with Crippen molar-refractivity contribution < 1.29 is 34.2 Å². The van der Waals surface area contributed by atoms with E-state index in [1.807, 2.05) is 6.92 Å². The average Bonchev–Trinajstić information content (AvgIpc) is 2.70. The lowest BCUT2D eigenvalue weighted by molar-refractivity contribution is -0.143. The van der Waals surface area contributed by atoms with Crippen LogP contribution >= 0.6 is 0 Å². The Hall–Kier alpha value is -2.73. The SMILES string of the molecule is CCC(C)C(N)C(=O)NC(C)C(=O)NC(CC(=O)O)C(=O)NC(CCCCN)C(=O)O. The van der Waals surface area contributed by atoms with Crippen molar-refractivity contribution in [2.75, 3.05) is 6.54 Å². The molecular formula is C19H35N5O7. The van der Waals surface area contributed by atoms with Crippen molar-refractivity contribution in [3.8, 4) is 0 Å². The van der Waals surface area contributed by atoms with Gasteiger partial charge in [0.05, 0.1) is 12.5 Å². The Bertz CT molecular complexity index is 643. The Morgan fingerprint density at radius 2 is 1.45 bits per heavy atom. The number of hydrogen-bond donors (Lipinski definition) is 7. The number of nitrogens with one attached hydrogen (secondary N) is 3. The molecule has 0 saturated carbocycles. The van der Waals surface area contributed by atoms with E-state index < -0.39 is 60.2 Å². The summed E-state index contributed by atoms with van der Waals surface area (Å²) in [7, 11) is 0. The summed E-state index contributed by atoms with van der Waals surface area (Å²) in [6.45, 7) is 5.37. The Labute approximate surface area is 181 Å². The van der Waals surface area contributed by atoms with Crippen LogP contribution in [-0.2, 0) is 24.0 Å². The highest BCUT2D eigenvalue weighted by molar-refractivity contribution is 5.95. The lowest BCUT2D eigenvalue weighted by atomic mass is 9.99. The summed E-state index contributed by atoms with van der Waals surface area (Å²) in [5.74, 6) is -5.08. The van der Waals surface area contributed by atoms with E-state index >= 15 is 0 Å². The van der Waals surface area contributed by atoms with Crippen LogP contribution in [-0.4, -0.2) is 70.6 Å². The molecule has 0 saturated heterocycles. The van der Waals surface area contributed by atoms with Crippen molar-refractivity contribution in [3.05, 3.63) is 0 Å². The number of carbonyl (C=O) groups excluding carboxylic acids is 3. The largest absolute Gasteiger partial charge is 0.481 e. The number of amides is 3. The van der Waals surface area contributed by atoms with E-state index in [-0.39, 0.29) is 12.3 Å². The normalized spacial score (nSPS) is 15.6. The molecule has 0 aromatic rings. The maximum Gasteiger partial charge on any atom is 0.326 e. The minimum Gasteiger partial charge on any atom is -0.481 e. The van der Waals surface area contributed by atoms with E-state index in [1.54, 1.807) is 6.92 Å². The van der Waals surface area contributed by atoms with Gasteiger partial charge in [0.1, 0.15) is 18.1 Å². The van der Waals surface area contributed by atoms with Gasteiger partial charge in [0.2, 0.25) is 17.7 Å². The highest BCUT2D eigenvalue weighted by Gasteiger charge is 2.30. The van der Waals surface area contributed by atoms with E-state index in [9.17, 15) is 29.1 Å². The van der Waals surface area contributed by atoms with Crippen molar-refractivity contribution in [1.29, 1.82) is 0 Å². The van der Waals surface area contributed by atoms with Gasteiger partial charge in [-0.1, -0.05) is 20.3 Å². The molecule has 178 valence electrons. The second kappa shape index (κ2) is 14.3. The lowest BCUT2D eigenvalue weighted by Gasteiger charge is -2.24. The predicted molar refractivity (Wildman–Crippen MR) is 112 cm³/mol. The molecule has 0 aliphatic carbocycles. The van der Waals surface area contributed by atoms with Gasteiger partial charge in [-0.3, -0.25) is 19.2 Å². The maximum absolute atomic E-state index is 12.5. The van der Waals surface area contributed by atoms with Crippen molar-refractivity contribution in [2.45, 2.75) is 77.0 Å². The minimum absolute atomic E-state index is 0.103. The van der Waals surface area contributed by atoms with Crippen molar-refractivity contribution in [1.82, 2.24) is 16.0 Å². The maximum atomic E-state index is 12.5. The molecule has 0 heterocycles. The summed E-state index contributed by atoms with van der Waals surface area (Å²) in [4.78, 5) is 59.5. The minimum atomic E-state index is -1.52. The number of unbranched alkanes of at least 4 members (excludes halogenated alkanes) is 1. The number of aliphatic carboxylic acids is 2. The molecule has 0 fully saturated rings. The third-order valence-corrected chi connectivity index (χ3v) is 4.89. The van der Waals surface area contributed by atoms with Gasteiger partial charge >= 0.3 is 11.9 Å². The van der Waals surface area contributed by atoms with E-state index in [0.717, 1.165) is 0 Å². The van der Waals surface area contributed by atoms with Crippen LogP contribution in [0.2, 0.25) is 0 Å². The molecule has 0 bridgehead atoms. The Morgan fingerprint density at radius 1 is 0.871 bits per heavy atom. The average molecular weight is 446 g/mol. The van der Waals surface area contributed by atoms with Crippen LogP contribution in [0.1, 0.15) is 52.9 Å². The fraction of sp³-hybridized carbons (Fsp3) is 0.737. The summed E-state index contributed by atoms with van der Waals surface area (Å²) < 4.78 is 0. The summed E-state index contributed by atoms with van der Waals surface area (Å²) in [5, 5.41) is 25.2. The molecule has 31 heavy (non-hydrogen) atoms. The smallest absolute Gasteiger partial charge is 0.326 e. The highest BCUT2D eigenvalue weighted by atomic mass is 16.4. The zero-order valence-electron chi connectivity index (χ0n) is 18.2. The van der Waals surface area contributed by atoms with E-state index in [2.05, 4.69) is 16.0 Å². The molecule has 12 heteroatoms. The number of carboxylic acid groups (broad SMARTS) is 2. The van der Waals surface area contributed by atoms with Gasteiger partial charge in [-0.05, 0) is 38.6 Å². The zero-order chi connectivity index (χ0) is 24.1. The Kier molecular flexibility index (Phi) is 13.0. The molecule has 0 spiro atoms. The molecule has 0 rings (SSSR count). The molecule has 0 aromatic heterocycles. The number of rotatable bonds is 15. The quantitative estimate of drug-likeness (QED) is 0.146. The highest BCUT2D eigenvalue weighted by Crippen LogP contribution is 2.06. The zero-order valence-corrected chi connectivity index (χ0v) is 18.2. The van der Waals surface area contributed by atoms with Gasteiger partial charge in [-0.15, -0.1) is 0 Å². The van der Waals surface area contributed by atoms with Crippen LogP contribution in [0.15, 0.2) is 0 Å². The molecule has 0 aromatic carbocycles. The monoisotopic (exact) mass is 445 g/mol. The molecule has 3 amide bonds. The third-order valence-electron chi connectivity index (χ3n) is 4.89. The van der Waals surface area contributed by atoms with Gasteiger partial charge < -0.3 is 37.6 Å². The lowest BCUT2D eigenvalue weighted by Crippen LogP contribution is -2.57. The molecule has 0 aliphatic heterocycles. The summed E-state index contributed by atoms with van der Waals surface area (Å²) in [6.07, 6.45) is 1.01. The second-order valence-electron chi connectivity index (χ2n) is 7.48. The number of carbonyl (C=O) groups is 5. The van der Waals surface area contributed by atoms with Crippen LogP contribution in [0.5, 0.6) is 0 Å². The van der Waals surface area contributed by atoms with Gasteiger partial charge in [0.15, 0.2) is 0 Å². The van der Waals surface area contributed by atoms with Crippen LogP contribution < -0.4 is 27.4 Å². The number of nitrogens with two attached hydrogens (primary N) is 2. The topological polar surface area (TPSA) is 214 Å². The Balaban J connectivity index is 5.11. The van der Waals surface area contributed by atoms with Crippen molar-refractivity contribution in [3.63, 3.8) is 0 Å². The van der Waals surface area contributed by atoms with Gasteiger partial charge in [-0.25, -0.2) is 4.79 Å². The van der Waals surface area contributed by atoms with Crippen molar-refractivity contribution >= 4 is 29.7 Å². The second-order valence-corrected chi connectivity index (χ2v) is 7.48. The third kappa shape index (κ3) is 10.7. The van der Waals surface area contributed by atoms with Crippen LogP contribution in [0.4, 0.5) is 0 Å². The van der Waals surface area contributed by atoms with Crippen LogP contribution in [0.25, 0.3) is 0 Å². The molecular weight excluding hydrogens is 410 g/mol. The Morgan fingerprint density at radius 3 is 1.94 bits per heavy atom. The summed E-state index contributed by atoms with van der Waals surface area (Å²) in [5.41, 5.74) is 11.2. The summed E-state index contributed by atoms with van der Waals surface area (Å²) >= 11 is 0. The van der Waals surface area contributed by atoms with Crippen molar-refractivity contribution in [2.24, 2.45) is 17.4 Å². The first-order chi connectivity index (χ1) is 14.4. The first-order valence-corrected chi connectivity index (χ1v) is 10.3. The molecule has 0 aliphatic rings. The predicted octanol–water partition coefficient (Wildman–Crippen LogP) is -1.48. The fourth-order valence-electron chi connectivity index (χ4n) is 2.59. The number of hydrogen-bond acceptors (Lipinski definition) is 7. The molecule has 12 nitrogen and oxygen atoms in total. The summed E-state index contributed by atoms with van der Waals surface area (Å²) in [6, 6.07) is -4.70.